The Morgan fingerprint density at radius 1 is 1.32 bits per heavy atom. The van der Waals surface area contributed by atoms with Crippen LogP contribution in [0.1, 0.15) is 28.9 Å². The number of anilines is 1. The normalized spacial score (nSPS) is 12.0. The third kappa shape index (κ3) is 3.51. The highest BCUT2D eigenvalue weighted by Crippen LogP contribution is 2.24. The van der Waals surface area contributed by atoms with Gasteiger partial charge in [0, 0.05) is 17.3 Å². The quantitative estimate of drug-likeness (QED) is 0.703. The van der Waals surface area contributed by atoms with E-state index in [9.17, 15) is 4.79 Å². The van der Waals surface area contributed by atoms with Gasteiger partial charge in [-0.25, -0.2) is 9.31 Å². The molecule has 0 radical (unpaired) electrons. The Bertz CT molecular complexity index is 925. The summed E-state index contributed by atoms with van der Waals surface area (Å²) in [5.41, 5.74) is 1.83. The molecule has 2 aromatic heterocycles. The lowest BCUT2D eigenvalue weighted by atomic mass is 10.1. The molecule has 1 N–H and O–H groups in total. The number of esters is 1. The second-order valence-electron chi connectivity index (χ2n) is 5.41. The summed E-state index contributed by atoms with van der Waals surface area (Å²) < 4.78 is 11.5. The number of carbonyl (C=O) groups excluding carboxylic acids is 1. The molecule has 0 aliphatic heterocycles. The van der Waals surface area contributed by atoms with Crippen molar-refractivity contribution < 1.29 is 14.3 Å². The van der Waals surface area contributed by atoms with Crippen LogP contribution in [0.3, 0.4) is 0 Å². The van der Waals surface area contributed by atoms with Crippen LogP contribution >= 0.6 is 11.6 Å². The molecule has 0 amide bonds. The molecule has 8 heteroatoms. The van der Waals surface area contributed by atoms with Crippen LogP contribution in [0.25, 0.3) is 5.65 Å². The minimum Gasteiger partial charge on any atom is -0.493 e. The third-order valence-corrected chi connectivity index (χ3v) is 3.97. The van der Waals surface area contributed by atoms with Gasteiger partial charge < -0.3 is 14.8 Å². The van der Waals surface area contributed by atoms with Crippen molar-refractivity contribution in [3.05, 3.63) is 52.7 Å². The van der Waals surface area contributed by atoms with Crippen molar-refractivity contribution in [1.29, 1.82) is 0 Å². The molecule has 1 aromatic carbocycles. The standard InChI is InChI=1S/C17H17ClN4O3/c1-10(11-5-4-6-13(18)7-11)19-17-20-15-14(24-2)8-12(16(23)25-3)9-22(15)21-17/h4-10H,1-3H3,(H,19,21). The smallest absolute Gasteiger partial charge is 0.339 e. The summed E-state index contributed by atoms with van der Waals surface area (Å²) >= 11 is 6.03. The van der Waals surface area contributed by atoms with E-state index in [2.05, 4.69) is 15.4 Å². The summed E-state index contributed by atoms with van der Waals surface area (Å²) in [6.45, 7) is 1.98. The lowest BCUT2D eigenvalue weighted by Crippen LogP contribution is -2.08. The maximum absolute atomic E-state index is 11.8. The largest absolute Gasteiger partial charge is 0.493 e. The van der Waals surface area contributed by atoms with E-state index in [-0.39, 0.29) is 6.04 Å². The average Bonchev–Trinajstić information content (AvgIpc) is 3.02. The fourth-order valence-corrected chi connectivity index (χ4v) is 2.65. The van der Waals surface area contributed by atoms with Crippen molar-refractivity contribution in [3.8, 4) is 5.75 Å². The van der Waals surface area contributed by atoms with Gasteiger partial charge in [-0.05, 0) is 24.6 Å². The zero-order valence-electron chi connectivity index (χ0n) is 14.0. The van der Waals surface area contributed by atoms with E-state index in [0.29, 0.717) is 27.9 Å². The molecule has 0 aliphatic carbocycles. The van der Waals surface area contributed by atoms with Gasteiger partial charge in [-0.3, -0.25) is 0 Å². The van der Waals surface area contributed by atoms with Crippen LogP contribution in [0.4, 0.5) is 5.95 Å². The maximum atomic E-state index is 11.8. The summed E-state index contributed by atoms with van der Waals surface area (Å²) in [6, 6.07) is 9.07. The van der Waals surface area contributed by atoms with Crippen molar-refractivity contribution >= 4 is 29.2 Å². The highest BCUT2D eigenvalue weighted by Gasteiger charge is 2.16. The van der Waals surface area contributed by atoms with Crippen LogP contribution in [0, 0.1) is 0 Å². The summed E-state index contributed by atoms with van der Waals surface area (Å²) in [7, 11) is 2.83. The lowest BCUT2D eigenvalue weighted by molar-refractivity contribution is 0.0599. The van der Waals surface area contributed by atoms with Gasteiger partial charge in [0.05, 0.1) is 25.8 Å². The van der Waals surface area contributed by atoms with E-state index in [0.717, 1.165) is 5.56 Å². The van der Waals surface area contributed by atoms with E-state index in [4.69, 9.17) is 21.1 Å². The summed E-state index contributed by atoms with van der Waals surface area (Å²) in [6.07, 6.45) is 1.55. The number of rotatable bonds is 5. The number of methoxy groups -OCH3 is 2. The Morgan fingerprint density at radius 3 is 2.80 bits per heavy atom. The van der Waals surface area contributed by atoms with Crippen LogP contribution in [-0.2, 0) is 4.74 Å². The first-order valence-electron chi connectivity index (χ1n) is 7.56. The molecule has 25 heavy (non-hydrogen) atoms. The van der Waals surface area contributed by atoms with Gasteiger partial charge in [-0.15, -0.1) is 5.10 Å². The highest BCUT2D eigenvalue weighted by molar-refractivity contribution is 6.30. The minimum atomic E-state index is -0.475. The summed E-state index contributed by atoms with van der Waals surface area (Å²) in [4.78, 5) is 16.2. The molecule has 3 rings (SSSR count). The number of pyridine rings is 1. The van der Waals surface area contributed by atoms with Crippen molar-refractivity contribution in [2.45, 2.75) is 13.0 Å². The molecule has 2 heterocycles. The van der Waals surface area contributed by atoms with Crippen molar-refractivity contribution in [3.63, 3.8) is 0 Å². The van der Waals surface area contributed by atoms with E-state index in [1.807, 2.05) is 31.2 Å². The fraction of sp³-hybridized carbons (Fsp3) is 0.235. The first-order chi connectivity index (χ1) is 12.0. The van der Waals surface area contributed by atoms with Crippen LogP contribution in [0.2, 0.25) is 5.02 Å². The molecule has 0 saturated carbocycles. The van der Waals surface area contributed by atoms with Gasteiger partial charge in [0.25, 0.3) is 0 Å². The second-order valence-corrected chi connectivity index (χ2v) is 5.85. The third-order valence-electron chi connectivity index (χ3n) is 3.73. The molecule has 1 unspecified atom stereocenters. The van der Waals surface area contributed by atoms with Gasteiger partial charge in [0.2, 0.25) is 5.95 Å². The Morgan fingerprint density at radius 2 is 2.12 bits per heavy atom. The van der Waals surface area contributed by atoms with Crippen molar-refractivity contribution in [1.82, 2.24) is 14.6 Å². The second kappa shape index (κ2) is 6.98. The van der Waals surface area contributed by atoms with Crippen LogP contribution in [0.5, 0.6) is 5.75 Å². The number of aromatic nitrogens is 3. The number of hydrogen-bond acceptors (Lipinski definition) is 6. The van der Waals surface area contributed by atoms with E-state index < -0.39 is 5.97 Å². The molecule has 0 aliphatic rings. The van der Waals surface area contributed by atoms with Crippen molar-refractivity contribution in [2.24, 2.45) is 0 Å². The molecule has 7 nitrogen and oxygen atoms in total. The number of fused-ring (bicyclic) bond motifs is 1. The van der Waals surface area contributed by atoms with Gasteiger partial charge in [-0.1, -0.05) is 23.7 Å². The molecular formula is C17H17ClN4O3. The number of nitrogens with one attached hydrogen (secondary N) is 1. The Labute approximate surface area is 149 Å². The van der Waals surface area contributed by atoms with Crippen LogP contribution in [-0.4, -0.2) is 34.8 Å². The number of carbonyl (C=O) groups is 1. The van der Waals surface area contributed by atoms with E-state index in [1.165, 1.54) is 18.7 Å². The molecule has 0 bridgehead atoms. The van der Waals surface area contributed by atoms with Crippen molar-refractivity contribution in [2.75, 3.05) is 19.5 Å². The Kier molecular flexibility index (Phi) is 4.76. The number of nitrogens with zero attached hydrogens (tertiary/aromatic N) is 3. The number of benzene rings is 1. The molecule has 3 aromatic rings. The molecule has 0 spiro atoms. The Hall–Kier alpha value is -2.80. The van der Waals surface area contributed by atoms with Gasteiger partial charge in [0.15, 0.2) is 11.4 Å². The van der Waals surface area contributed by atoms with Gasteiger partial charge in [-0.2, -0.15) is 4.98 Å². The fourth-order valence-electron chi connectivity index (χ4n) is 2.45. The van der Waals surface area contributed by atoms with Crippen LogP contribution < -0.4 is 10.1 Å². The number of ether oxygens (including phenoxy) is 2. The van der Waals surface area contributed by atoms with E-state index in [1.54, 1.807) is 12.3 Å². The first kappa shape index (κ1) is 17.0. The molecule has 0 saturated heterocycles. The molecular weight excluding hydrogens is 344 g/mol. The topological polar surface area (TPSA) is 77.8 Å². The highest BCUT2D eigenvalue weighted by atomic mass is 35.5. The number of halogens is 1. The predicted molar refractivity (Wildman–Crippen MR) is 94.4 cm³/mol. The zero-order valence-corrected chi connectivity index (χ0v) is 14.7. The molecule has 130 valence electrons. The average molecular weight is 361 g/mol. The lowest BCUT2D eigenvalue weighted by Gasteiger charge is -2.12. The minimum absolute atomic E-state index is 0.0535. The summed E-state index contributed by atoms with van der Waals surface area (Å²) in [5, 5.41) is 8.24. The van der Waals surface area contributed by atoms with E-state index >= 15 is 0 Å². The maximum Gasteiger partial charge on any atom is 0.339 e. The van der Waals surface area contributed by atoms with Gasteiger partial charge in [0.1, 0.15) is 0 Å². The first-order valence-corrected chi connectivity index (χ1v) is 7.94. The monoisotopic (exact) mass is 360 g/mol. The summed E-state index contributed by atoms with van der Waals surface area (Å²) in [5.74, 6) is 0.365. The predicted octanol–water partition coefficient (Wildman–Crippen LogP) is 3.35. The molecule has 0 fully saturated rings. The van der Waals surface area contributed by atoms with Crippen LogP contribution in [0.15, 0.2) is 36.5 Å². The van der Waals surface area contributed by atoms with Gasteiger partial charge >= 0.3 is 5.97 Å². The number of hydrogen-bond donors (Lipinski definition) is 1. The zero-order chi connectivity index (χ0) is 18.0. The Balaban J connectivity index is 1.94. The molecule has 1 atom stereocenters. The SMILES string of the molecule is COC(=O)c1cc(OC)c2nc(NC(C)c3cccc(Cl)c3)nn2c1.